The van der Waals surface area contributed by atoms with E-state index in [1.165, 1.54) is 11.8 Å². The molecule has 1 amide bonds. The number of Topliss-reactive ketones (excluding diaryl/α,β-unsaturated/α-hetero) is 1. The Morgan fingerprint density at radius 3 is 2.68 bits per heavy atom. The Bertz CT molecular complexity index is 1450. The van der Waals surface area contributed by atoms with Crippen molar-refractivity contribution >= 4 is 50.0 Å². The highest BCUT2D eigenvalue weighted by Gasteiger charge is 2.24. The molecule has 3 aromatic heterocycles. The summed E-state index contributed by atoms with van der Waals surface area (Å²) in [5.74, 6) is 1.50. The number of thiophene rings is 1. The number of amides is 1. The lowest BCUT2D eigenvalue weighted by molar-refractivity contribution is -0.136. The number of aromatic nitrogens is 4. The number of carbonyl (C=O) groups excluding carboxylic acids is 2. The number of rotatable bonds is 6. The molecule has 0 unspecified atom stereocenters. The number of ether oxygens (including phenoxy) is 1. The summed E-state index contributed by atoms with van der Waals surface area (Å²) in [6.07, 6.45) is 1.82. The highest BCUT2D eigenvalue weighted by molar-refractivity contribution is 7.19. The molecule has 0 radical (unpaired) electrons. The molecule has 5 heterocycles. The van der Waals surface area contributed by atoms with E-state index >= 15 is 0 Å². The van der Waals surface area contributed by atoms with Crippen LogP contribution in [0.1, 0.15) is 18.2 Å². The normalized spacial score (nSPS) is 17.1. The molecule has 1 N–H and O–H groups in total. The van der Waals surface area contributed by atoms with Crippen molar-refractivity contribution in [1.29, 1.82) is 0 Å². The van der Waals surface area contributed by atoms with Crippen molar-refractivity contribution in [3.63, 3.8) is 0 Å². The number of nitrogens with one attached hydrogen (secondary N) is 1. The van der Waals surface area contributed by atoms with E-state index < -0.39 is 0 Å². The average Bonchev–Trinajstić information content (AvgIpc) is 3.55. The highest BCUT2D eigenvalue weighted by Crippen LogP contribution is 2.36. The number of benzene rings is 1. The zero-order chi connectivity index (χ0) is 25.4. The van der Waals surface area contributed by atoms with E-state index in [4.69, 9.17) is 14.7 Å². The number of piperazine rings is 1. The lowest BCUT2D eigenvalue weighted by Gasteiger charge is -2.34. The predicted octanol–water partition coefficient (Wildman–Crippen LogP) is 2.69. The van der Waals surface area contributed by atoms with Crippen LogP contribution in [0.5, 0.6) is 0 Å². The van der Waals surface area contributed by atoms with E-state index in [2.05, 4.69) is 26.1 Å². The standard InChI is InChI=1S/C26H29N7O3S/c1-17(34)13-23(35)32-7-5-31(6-8-32)16-18-14-22-24(37-18)26(33-9-11-36-12-10-33)29-25(28-22)19-3-2-4-21-20(19)15-27-30-21/h2-4,14-15H,5-13,16H2,1H3,(H,27,30). The topological polar surface area (TPSA) is 108 Å². The first-order valence-corrected chi connectivity index (χ1v) is 13.4. The van der Waals surface area contributed by atoms with Crippen LogP contribution in [-0.4, -0.2) is 94.1 Å². The maximum atomic E-state index is 12.2. The maximum absolute atomic E-state index is 12.2. The first-order chi connectivity index (χ1) is 18.0. The van der Waals surface area contributed by atoms with Gasteiger partial charge >= 0.3 is 0 Å². The van der Waals surface area contributed by atoms with Gasteiger partial charge in [-0.15, -0.1) is 11.3 Å². The van der Waals surface area contributed by atoms with Gasteiger partial charge in [0.25, 0.3) is 0 Å². The largest absolute Gasteiger partial charge is 0.378 e. The smallest absolute Gasteiger partial charge is 0.230 e. The SMILES string of the molecule is CC(=O)CC(=O)N1CCN(Cc2cc3nc(-c4cccc5[nH]ncc45)nc(N4CCOCC4)c3s2)CC1. The third-order valence-electron chi connectivity index (χ3n) is 6.95. The van der Waals surface area contributed by atoms with Crippen LogP contribution in [0.15, 0.2) is 30.5 Å². The quantitative estimate of drug-likeness (QED) is 0.388. The van der Waals surface area contributed by atoms with Crippen molar-refractivity contribution in [2.75, 3.05) is 57.4 Å². The fourth-order valence-corrected chi connectivity index (χ4v) is 6.17. The summed E-state index contributed by atoms with van der Waals surface area (Å²) in [5, 5.41) is 8.25. The molecule has 0 aliphatic carbocycles. The third kappa shape index (κ3) is 4.94. The fraction of sp³-hybridized carbons (Fsp3) is 0.423. The van der Waals surface area contributed by atoms with Crippen LogP contribution in [0.4, 0.5) is 5.82 Å². The number of ketones is 1. The zero-order valence-electron chi connectivity index (χ0n) is 20.8. The van der Waals surface area contributed by atoms with E-state index in [-0.39, 0.29) is 18.1 Å². The van der Waals surface area contributed by atoms with Gasteiger partial charge in [-0.25, -0.2) is 9.97 Å². The number of aromatic amines is 1. The molecule has 0 spiro atoms. The lowest BCUT2D eigenvalue weighted by Crippen LogP contribution is -2.48. The highest BCUT2D eigenvalue weighted by atomic mass is 32.1. The van der Waals surface area contributed by atoms with Crippen LogP contribution in [0.3, 0.4) is 0 Å². The minimum absolute atomic E-state index is 0.00578. The van der Waals surface area contributed by atoms with Gasteiger partial charge in [-0.3, -0.25) is 19.6 Å². The second-order valence-corrected chi connectivity index (χ2v) is 10.7. The molecule has 0 atom stereocenters. The van der Waals surface area contributed by atoms with Crippen LogP contribution in [0.2, 0.25) is 0 Å². The molecule has 11 heteroatoms. The van der Waals surface area contributed by atoms with Gasteiger partial charge in [0.15, 0.2) is 11.6 Å². The van der Waals surface area contributed by atoms with E-state index in [9.17, 15) is 9.59 Å². The number of carbonyl (C=O) groups is 2. The molecule has 10 nitrogen and oxygen atoms in total. The Kier molecular flexibility index (Phi) is 6.58. The third-order valence-corrected chi connectivity index (χ3v) is 8.05. The van der Waals surface area contributed by atoms with Gasteiger partial charge < -0.3 is 14.5 Å². The summed E-state index contributed by atoms with van der Waals surface area (Å²) in [6, 6.07) is 8.22. The van der Waals surface area contributed by atoms with Crippen molar-refractivity contribution in [3.8, 4) is 11.4 Å². The molecule has 2 saturated heterocycles. The summed E-state index contributed by atoms with van der Waals surface area (Å²) in [7, 11) is 0. The molecule has 1 aromatic carbocycles. The molecule has 37 heavy (non-hydrogen) atoms. The van der Waals surface area contributed by atoms with Gasteiger partial charge in [-0.05, 0) is 19.1 Å². The fourth-order valence-electron chi connectivity index (χ4n) is 5.02. The van der Waals surface area contributed by atoms with Crippen LogP contribution in [0, 0.1) is 0 Å². The summed E-state index contributed by atoms with van der Waals surface area (Å²) in [6.45, 7) is 8.09. The lowest BCUT2D eigenvalue weighted by atomic mass is 10.1. The summed E-state index contributed by atoms with van der Waals surface area (Å²) < 4.78 is 6.69. The van der Waals surface area contributed by atoms with Crippen molar-refractivity contribution in [2.24, 2.45) is 0 Å². The number of hydrogen-bond acceptors (Lipinski definition) is 9. The van der Waals surface area contributed by atoms with E-state index in [1.54, 1.807) is 16.2 Å². The zero-order valence-corrected chi connectivity index (χ0v) is 21.6. The summed E-state index contributed by atoms with van der Waals surface area (Å²) in [4.78, 5) is 41.3. The molecular weight excluding hydrogens is 490 g/mol. The number of anilines is 1. The second kappa shape index (κ2) is 10.2. The Balaban J connectivity index is 1.29. The molecule has 0 bridgehead atoms. The molecule has 2 aliphatic rings. The Hall–Kier alpha value is -3.41. The summed E-state index contributed by atoms with van der Waals surface area (Å²) >= 11 is 1.74. The molecule has 6 rings (SSSR count). The number of hydrogen-bond donors (Lipinski definition) is 1. The molecular formula is C26H29N7O3S. The predicted molar refractivity (Wildman–Crippen MR) is 143 cm³/mol. The van der Waals surface area contributed by atoms with Gasteiger partial charge in [0.05, 0.1) is 41.6 Å². The molecule has 2 aliphatic heterocycles. The van der Waals surface area contributed by atoms with Crippen molar-refractivity contribution in [3.05, 3.63) is 35.3 Å². The van der Waals surface area contributed by atoms with E-state index in [0.29, 0.717) is 32.1 Å². The van der Waals surface area contributed by atoms with Gasteiger partial charge in [-0.1, -0.05) is 12.1 Å². The Labute approximate surface area is 218 Å². The number of morpholine rings is 1. The van der Waals surface area contributed by atoms with Gasteiger partial charge in [0.1, 0.15) is 5.78 Å². The van der Waals surface area contributed by atoms with E-state index in [0.717, 1.165) is 65.2 Å². The first kappa shape index (κ1) is 24.0. The van der Waals surface area contributed by atoms with Gasteiger partial charge in [0.2, 0.25) is 5.91 Å². The molecule has 2 fully saturated rings. The maximum Gasteiger partial charge on any atom is 0.230 e. The van der Waals surface area contributed by atoms with Gasteiger partial charge in [0, 0.05) is 61.6 Å². The van der Waals surface area contributed by atoms with Crippen molar-refractivity contribution in [1.82, 2.24) is 30.0 Å². The van der Waals surface area contributed by atoms with E-state index in [1.807, 2.05) is 24.4 Å². The molecule has 0 saturated carbocycles. The summed E-state index contributed by atoms with van der Waals surface area (Å²) in [5.41, 5.74) is 2.87. The van der Waals surface area contributed by atoms with Gasteiger partial charge in [-0.2, -0.15) is 5.10 Å². The van der Waals surface area contributed by atoms with Crippen LogP contribution in [-0.2, 0) is 20.9 Å². The minimum atomic E-state index is -0.0849. The number of fused-ring (bicyclic) bond motifs is 2. The second-order valence-electron chi connectivity index (χ2n) is 9.57. The number of H-pyrrole nitrogens is 1. The Morgan fingerprint density at radius 1 is 1.08 bits per heavy atom. The number of nitrogens with zero attached hydrogens (tertiary/aromatic N) is 6. The van der Waals surface area contributed by atoms with Crippen molar-refractivity contribution in [2.45, 2.75) is 19.9 Å². The first-order valence-electron chi connectivity index (χ1n) is 12.6. The minimum Gasteiger partial charge on any atom is -0.378 e. The Morgan fingerprint density at radius 2 is 1.89 bits per heavy atom. The molecule has 192 valence electrons. The van der Waals surface area contributed by atoms with Crippen molar-refractivity contribution < 1.29 is 14.3 Å². The average molecular weight is 520 g/mol. The monoisotopic (exact) mass is 519 g/mol. The van der Waals surface area contributed by atoms with Crippen LogP contribution < -0.4 is 4.90 Å². The molecule has 4 aromatic rings. The van der Waals surface area contributed by atoms with Crippen LogP contribution in [0.25, 0.3) is 32.5 Å². The van der Waals surface area contributed by atoms with Crippen LogP contribution >= 0.6 is 11.3 Å².